The third-order valence-corrected chi connectivity index (χ3v) is 7.25. The molecule has 1 aliphatic carbocycles. The van der Waals surface area contributed by atoms with Crippen molar-refractivity contribution in [2.24, 2.45) is 5.92 Å². The topological polar surface area (TPSA) is 79.4 Å². The largest absolute Gasteiger partial charge is 0.302 e. The van der Waals surface area contributed by atoms with E-state index in [1.807, 2.05) is 30.3 Å². The molecule has 25 heavy (non-hydrogen) atoms. The summed E-state index contributed by atoms with van der Waals surface area (Å²) in [7, 11) is -3.37. The summed E-state index contributed by atoms with van der Waals surface area (Å²) in [6.07, 6.45) is 2.48. The van der Waals surface area contributed by atoms with E-state index in [-0.39, 0.29) is 17.6 Å². The Labute approximate surface area is 150 Å². The Kier molecular flexibility index (Phi) is 4.35. The quantitative estimate of drug-likeness (QED) is 0.868. The van der Waals surface area contributed by atoms with Gasteiger partial charge in [-0.2, -0.15) is 4.31 Å². The van der Waals surface area contributed by atoms with Crippen LogP contribution in [0, 0.1) is 5.92 Å². The van der Waals surface area contributed by atoms with Gasteiger partial charge in [0.1, 0.15) is 0 Å². The summed E-state index contributed by atoms with van der Waals surface area (Å²) in [5.41, 5.74) is 1.69. The molecular formula is C17H19N3O3S2. The van der Waals surface area contributed by atoms with E-state index in [0.717, 1.165) is 29.0 Å². The Morgan fingerprint density at radius 2 is 2.04 bits per heavy atom. The molecule has 1 N–H and O–H groups in total. The van der Waals surface area contributed by atoms with Crippen LogP contribution in [-0.4, -0.2) is 30.2 Å². The van der Waals surface area contributed by atoms with E-state index < -0.39 is 10.0 Å². The minimum Gasteiger partial charge on any atom is -0.302 e. The van der Waals surface area contributed by atoms with E-state index >= 15 is 0 Å². The van der Waals surface area contributed by atoms with Crippen molar-refractivity contribution >= 4 is 32.4 Å². The lowest BCUT2D eigenvalue weighted by molar-refractivity contribution is -0.117. The van der Waals surface area contributed by atoms with Gasteiger partial charge in [-0.1, -0.05) is 30.3 Å². The number of amides is 1. The Bertz CT molecular complexity index is 889. The van der Waals surface area contributed by atoms with E-state index in [2.05, 4.69) is 10.3 Å². The number of hydrogen-bond acceptors (Lipinski definition) is 5. The maximum atomic E-state index is 12.7. The van der Waals surface area contributed by atoms with Gasteiger partial charge >= 0.3 is 0 Å². The Hall–Kier alpha value is -1.77. The summed E-state index contributed by atoms with van der Waals surface area (Å²) < 4.78 is 26.9. The first-order valence-corrected chi connectivity index (χ1v) is 10.7. The van der Waals surface area contributed by atoms with E-state index in [4.69, 9.17) is 0 Å². The molecule has 0 saturated heterocycles. The first-order valence-electron chi connectivity index (χ1n) is 8.32. The van der Waals surface area contributed by atoms with Crippen molar-refractivity contribution in [1.82, 2.24) is 9.29 Å². The lowest BCUT2D eigenvalue weighted by Crippen LogP contribution is -2.36. The summed E-state index contributed by atoms with van der Waals surface area (Å²) >= 11 is 1.39. The fraction of sp³-hybridized carbons (Fsp3) is 0.412. The van der Waals surface area contributed by atoms with E-state index in [1.165, 1.54) is 15.6 Å². The summed E-state index contributed by atoms with van der Waals surface area (Å²) in [6.45, 7) is 0.767. The van der Waals surface area contributed by atoms with Gasteiger partial charge in [0, 0.05) is 30.3 Å². The van der Waals surface area contributed by atoms with Crippen LogP contribution in [0.1, 0.15) is 29.0 Å². The Morgan fingerprint density at radius 3 is 2.76 bits per heavy atom. The van der Waals surface area contributed by atoms with Crippen LogP contribution in [0.4, 0.5) is 5.13 Å². The molecule has 1 aromatic heterocycles. The highest BCUT2D eigenvalue weighted by atomic mass is 32.2. The monoisotopic (exact) mass is 377 g/mol. The van der Waals surface area contributed by atoms with Gasteiger partial charge in [0.2, 0.25) is 15.9 Å². The molecule has 2 heterocycles. The molecule has 0 bridgehead atoms. The molecule has 6 nitrogen and oxygen atoms in total. The normalized spacial score (nSPS) is 17.9. The minimum atomic E-state index is -3.37. The smallest absolute Gasteiger partial charge is 0.229 e. The van der Waals surface area contributed by atoms with E-state index in [9.17, 15) is 13.2 Å². The maximum Gasteiger partial charge on any atom is 0.229 e. The van der Waals surface area contributed by atoms with Crippen molar-refractivity contribution in [3.05, 3.63) is 46.5 Å². The first kappa shape index (κ1) is 16.7. The molecule has 2 aromatic rings. The molecule has 0 radical (unpaired) electrons. The van der Waals surface area contributed by atoms with Crippen molar-refractivity contribution in [2.45, 2.75) is 31.6 Å². The maximum absolute atomic E-state index is 12.7. The fourth-order valence-electron chi connectivity index (χ4n) is 2.89. The van der Waals surface area contributed by atoms with Gasteiger partial charge in [0.15, 0.2) is 5.13 Å². The SMILES string of the molecule is O=C(Nc1nc2c(s1)CN(S(=O)(=O)Cc1ccccc1)CC2)C1CC1. The molecule has 1 saturated carbocycles. The highest BCUT2D eigenvalue weighted by molar-refractivity contribution is 7.88. The lowest BCUT2D eigenvalue weighted by atomic mass is 10.2. The molecule has 1 aromatic carbocycles. The van der Waals surface area contributed by atoms with Crippen LogP contribution in [0.5, 0.6) is 0 Å². The number of nitrogens with zero attached hydrogens (tertiary/aromatic N) is 2. The number of thiazole rings is 1. The third kappa shape index (κ3) is 3.75. The molecule has 0 spiro atoms. The van der Waals surface area contributed by atoms with Crippen molar-refractivity contribution in [3.63, 3.8) is 0 Å². The highest BCUT2D eigenvalue weighted by Crippen LogP contribution is 2.33. The van der Waals surface area contributed by atoms with Crippen LogP contribution in [0.25, 0.3) is 0 Å². The van der Waals surface area contributed by atoms with Crippen molar-refractivity contribution in [3.8, 4) is 0 Å². The van der Waals surface area contributed by atoms with Crippen LogP contribution in [0.3, 0.4) is 0 Å². The molecule has 2 aliphatic rings. The summed E-state index contributed by atoms with van der Waals surface area (Å²) in [5.74, 6) is 0.163. The average molecular weight is 377 g/mol. The van der Waals surface area contributed by atoms with Crippen LogP contribution in [0.15, 0.2) is 30.3 Å². The molecule has 8 heteroatoms. The lowest BCUT2D eigenvalue weighted by Gasteiger charge is -2.25. The van der Waals surface area contributed by atoms with Crippen LogP contribution < -0.4 is 5.32 Å². The summed E-state index contributed by atoms with van der Waals surface area (Å²) in [6, 6.07) is 9.21. The molecule has 0 unspecified atom stereocenters. The number of sulfonamides is 1. The molecule has 1 amide bonds. The number of anilines is 1. The predicted molar refractivity (Wildman–Crippen MR) is 96.6 cm³/mol. The van der Waals surface area contributed by atoms with Gasteiger partial charge in [-0.25, -0.2) is 13.4 Å². The molecule has 0 atom stereocenters. The minimum absolute atomic E-state index is 0.00719. The molecule has 4 rings (SSSR count). The van der Waals surface area contributed by atoms with Crippen molar-refractivity contribution < 1.29 is 13.2 Å². The number of nitrogens with one attached hydrogen (secondary N) is 1. The summed E-state index contributed by atoms with van der Waals surface area (Å²) in [5, 5.41) is 3.44. The number of aromatic nitrogens is 1. The zero-order valence-electron chi connectivity index (χ0n) is 13.6. The Morgan fingerprint density at radius 1 is 1.28 bits per heavy atom. The van der Waals surface area contributed by atoms with Gasteiger partial charge in [-0.05, 0) is 18.4 Å². The van der Waals surface area contributed by atoms with Crippen LogP contribution >= 0.6 is 11.3 Å². The van der Waals surface area contributed by atoms with Gasteiger partial charge in [-0.3, -0.25) is 4.79 Å². The van der Waals surface area contributed by atoms with Crippen LogP contribution in [-0.2, 0) is 33.5 Å². The fourth-order valence-corrected chi connectivity index (χ4v) is 5.49. The molecule has 1 aliphatic heterocycles. The van der Waals surface area contributed by atoms with Crippen molar-refractivity contribution in [1.29, 1.82) is 0 Å². The van der Waals surface area contributed by atoms with E-state index in [0.29, 0.717) is 24.6 Å². The van der Waals surface area contributed by atoms with E-state index in [1.54, 1.807) is 0 Å². The Balaban J connectivity index is 1.46. The standard InChI is InChI=1S/C17H19N3O3S2/c21-16(13-6-7-13)19-17-18-14-8-9-20(10-15(14)24-17)25(22,23)11-12-4-2-1-3-5-12/h1-5,13H,6-11H2,(H,18,19,21). The second kappa shape index (κ2) is 6.51. The number of rotatable bonds is 5. The van der Waals surface area contributed by atoms with Gasteiger partial charge in [-0.15, -0.1) is 11.3 Å². The van der Waals surface area contributed by atoms with Crippen molar-refractivity contribution in [2.75, 3.05) is 11.9 Å². The van der Waals surface area contributed by atoms with Crippen LogP contribution in [0.2, 0.25) is 0 Å². The molecule has 1 fully saturated rings. The third-order valence-electron chi connectivity index (χ3n) is 4.46. The first-order chi connectivity index (χ1) is 12.0. The summed E-state index contributed by atoms with van der Waals surface area (Å²) in [4.78, 5) is 17.3. The zero-order valence-corrected chi connectivity index (χ0v) is 15.3. The molecular weight excluding hydrogens is 358 g/mol. The number of benzene rings is 1. The number of hydrogen-bond donors (Lipinski definition) is 1. The number of carbonyl (C=O) groups excluding carboxylic acids is 1. The van der Waals surface area contributed by atoms with Gasteiger partial charge in [0.05, 0.1) is 11.4 Å². The predicted octanol–water partition coefficient (Wildman–Crippen LogP) is 2.38. The number of fused-ring (bicyclic) bond motifs is 1. The van der Waals surface area contributed by atoms with Gasteiger partial charge < -0.3 is 5.32 Å². The highest BCUT2D eigenvalue weighted by Gasteiger charge is 2.32. The zero-order chi connectivity index (χ0) is 17.4. The molecule has 132 valence electrons. The second-order valence-corrected chi connectivity index (χ2v) is 9.53. The second-order valence-electron chi connectivity index (χ2n) is 6.48. The van der Waals surface area contributed by atoms with Gasteiger partial charge in [0.25, 0.3) is 0 Å². The average Bonchev–Trinajstić information content (AvgIpc) is 3.35. The number of carbonyl (C=O) groups is 1.